The summed E-state index contributed by atoms with van der Waals surface area (Å²) in [4.78, 5) is 11.6. The van der Waals surface area contributed by atoms with Crippen LogP contribution in [0.5, 0.6) is 0 Å². The van der Waals surface area contributed by atoms with E-state index >= 15 is 0 Å². The minimum absolute atomic E-state index is 0.0675. The number of nitrogens with two attached hydrogens (primary N) is 1. The van der Waals surface area contributed by atoms with Crippen LogP contribution in [0.15, 0.2) is 18.2 Å². The van der Waals surface area contributed by atoms with Gasteiger partial charge in [0.25, 0.3) is 0 Å². The van der Waals surface area contributed by atoms with Gasteiger partial charge in [-0.25, -0.2) is 4.39 Å². The standard InChI is InChI=1S/C13H16ClFN2O2/c1-7(16)13(18)17-11-4-5-19-12(11)8-2-3-9(14)10(15)6-8/h2-3,6-7,11-12H,4-5,16H2,1H3,(H,17,18)/t7-,11?,12?/m1/s1. The van der Waals surface area contributed by atoms with Gasteiger partial charge in [0.2, 0.25) is 5.91 Å². The molecule has 0 aromatic heterocycles. The van der Waals surface area contributed by atoms with Gasteiger partial charge in [-0.1, -0.05) is 17.7 Å². The number of carbonyl (C=O) groups is 1. The van der Waals surface area contributed by atoms with Crippen LogP contribution in [0.4, 0.5) is 4.39 Å². The molecule has 1 aromatic rings. The van der Waals surface area contributed by atoms with E-state index in [1.807, 2.05) is 0 Å². The van der Waals surface area contributed by atoms with E-state index in [1.165, 1.54) is 12.1 Å². The number of rotatable bonds is 3. The van der Waals surface area contributed by atoms with Crippen molar-refractivity contribution in [3.63, 3.8) is 0 Å². The van der Waals surface area contributed by atoms with Gasteiger partial charge in [-0.05, 0) is 31.0 Å². The predicted molar refractivity (Wildman–Crippen MR) is 70.3 cm³/mol. The highest BCUT2D eigenvalue weighted by molar-refractivity contribution is 6.30. The number of halogens is 2. The summed E-state index contributed by atoms with van der Waals surface area (Å²) in [6.45, 7) is 2.13. The largest absolute Gasteiger partial charge is 0.371 e. The lowest BCUT2D eigenvalue weighted by Crippen LogP contribution is -2.44. The molecule has 4 nitrogen and oxygen atoms in total. The lowest BCUT2D eigenvalue weighted by molar-refractivity contribution is -0.123. The van der Waals surface area contributed by atoms with Crippen LogP contribution in [-0.4, -0.2) is 24.6 Å². The predicted octanol–water partition coefficient (Wildman–Crippen LogP) is 1.77. The molecular formula is C13H16ClFN2O2. The quantitative estimate of drug-likeness (QED) is 0.890. The van der Waals surface area contributed by atoms with Crippen molar-refractivity contribution in [2.45, 2.75) is 31.5 Å². The summed E-state index contributed by atoms with van der Waals surface area (Å²) >= 11 is 5.65. The molecule has 1 amide bonds. The Hall–Kier alpha value is -1.17. The number of hydrogen-bond acceptors (Lipinski definition) is 3. The van der Waals surface area contributed by atoms with Gasteiger partial charge in [-0.2, -0.15) is 0 Å². The lowest BCUT2D eigenvalue weighted by atomic mass is 10.0. The number of benzene rings is 1. The molecule has 0 spiro atoms. The monoisotopic (exact) mass is 286 g/mol. The number of amides is 1. The van der Waals surface area contributed by atoms with E-state index in [9.17, 15) is 9.18 Å². The van der Waals surface area contributed by atoms with Gasteiger partial charge >= 0.3 is 0 Å². The Kier molecular flexibility index (Phi) is 4.39. The van der Waals surface area contributed by atoms with Crippen LogP contribution in [0.2, 0.25) is 5.02 Å². The second-order valence-corrected chi connectivity index (χ2v) is 5.06. The first-order valence-electron chi connectivity index (χ1n) is 6.11. The molecule has 3 N–H and O–H groups in total. The molecule has 6 heteroatoms. The maximum atomic E-state index is 13.5. The van der Waals surface area contributed by atoms with Gasteiger partial charge in [0.1, 0.15) is 11.9 Å². The number of ether oxygens (including phenoxy) is 1. The summed E-state index contributed by atoms with van der Waals surface area (Å²) in [6.07, 6.45) is 0.308. The van der Waals surface area contributed by atoms with Gasteiger partial charge < -0.3 is 15.8 Å². The zero-order chi connectivity index (χ0) is 14.0. The van der Waals surface area contributed by atoms with Crippen molar-refractivity contribution in [1.29, 1.82) is 0 Å². The molecule has 3 atom stereocenters. The topological polar surface area (TPSA) is 64.4 Å². The van der Waals surface area contributed by atoms with Gasteiger partial charge in [0, 0.05) is 6.61 Å². The van der Waals surface area contributed by atoms with E-state index in [-0.39, 0.29) is 23.1 Å². The van der Waals surface area contributed by atoms with Crippen LogP contribution in [-0.2, 0) is 9.53 Å². The van der Waals surface area contributed by atoms with Crippen molar-refractivity contribution in [3.8, 4) is 0 Å². The van der Waals surface area contributed by atoms with Crippen LogP contribution in [0, 0.1) is 5.82 Å². The van der Waals surface area contributed by atoms with Crippen molar-refractivity contribution >= 4 is 17.5 Å². The Balaban J connectivity index is 2.14. The third-order valence-electron chi connectivity index (χ3n) is 3.11. The van der Waals surface area contributed by atoms with Crippen molar-refractivity contribution < 1.29 is 13.9 Å². The second-order valence-electron chi connectivity index (χ2n) is 4.66. The summed E-state index contributed by atoms with van der Waals surface area (Å²) in [7, 11) is 0. The minimum atomic E-state index is -0.580. The van der Waals surface area contributed by atoms with Gasteiger partial charge in [-0.15, -0.1) is 0 Å². The smallest absolute Gasteiger partial charge is 0.236 e. The molecule has 2 unspecified atom stereocenters. The van der Waals surface area contributed by atoms with Crippen molar-refractivity contribution in [3.05, 3.63) is 34.6 Å². The zero-order valence-corrected chi connectivity index (χ0v) is 11.3. The molecule has 0 saturated carbocycles. The first-order chi connectivity index (χ1) is 8.99. The lowest BCUT2D eigenvalue weighted by Gasteiger charge is -2.21. The highest BCUT2D eigenvalue weighted by atomic mass is 35.5. The fourth-order valence-electron chi connectivity index (χ4n) is 2.07. The van der Waals surface area contributed by atoms with Crippen LogP contribution in [0.3, 0.4) is 0 Å². The molecule has 1 fully saturated rings. The molecular weight excluding hydrogens is 271 g/mol. The van der Waals surface area contributed by atoms with E-state index in [0.717, 1.165) is 0 Å². The van der Waals surface area contributed by atoms with Crippen LogP contribution < -0.4 is 11.1 Å². The SMILES string of the molecule is C[C@@H](N)C(=O)NC1CCOC1c1ccc(Cl)c(F)c1. The Labute approximate surface area is 116 Å². The molecule has 1 aliphatic rings. The molecule has 0 radical (unpaired) electrons. The maximum absolute atomic E-state index is 13.5. The number of carbonyl (C=O) groups excluding carboxylic acids is 1. The van der Waals surface area contributed by atoms with E-state index in [0.29, 0.717) is 18.6 Å². The zero-order valence-electron chi connectivity index (χ0n) is 10.5. The normalized spacial score (nSPS) is 24.2. The third kappa shape index (κ3) is 3.23. The van der Waals surface area contributed by atoms with Crippen LogP contribution in [0.1, 0.15) is 25.0 Å². The van der Waals surface area contributed by atoms with Gasteiger partial charge in [0.15, 0.2) is 0 Å². The third-order valence-corrected chi connectivity index (χ3v) is 3.41. The van der Waals surface area contributed by atoms with Crippen LogP contribution >= 0.6 is 11.6 Å². The van der Waals surface area contributed by atoms with Crippen LogP contribution in [0.25, 0.3) is 0 Å². The van der Waals surface area contributed by atoms with E-state index < -0.39 is 11.9 Å². The number of nitrogens with one attached hydrogen (secondary N) is 1. The first-order valence-corrected chi connectivity index (χ1v) is 6.49. The molecule has 1 aromatic carbocycles. The molecule has 19 heavy (non-hydrogen) atoms. The summed E-state index contributed by atoms with van der Waals surface area (Å²) in [5, 5.41) is 2.88. The van der Waals surface area contributed by atoms with Crippen molar-refractivity contribution in [2.24, 2.45) is 5.73 Å². The fourth-order valence-corrected chi connectivity index (χ4v) is 2.19. The van der Waals surface area contributed by atoms with Gasteiger partial charge in [-0.3, -0.25) is 4.79 Å². The number of hydrogen-bond donors (Lipinski definition) is 2. The molecule has 104 valence electrons. The van der Waals surface area contributed by atoms with E-state index in [4.69, 9.17) is 22.1 Å². The fraction of sp³-hybridized carbons (Fsp3) is 0.462. The Morgan fingerprint density at radius 2 is 2.37 bits per heavy atom. The Morgan fingerprint density at radius 1 is 1.63 bits per heavy atom. The summed E-state index contributed by atoms with van der Waals surface area (Å²) in [5.74, 6) is -0.734. The Morgan fingerprint density at radius 3 is 3.00 bits per heavy atom. The average molecular weight is 287 g/mol. The summed E-state index contributed by atoms with van der Waals surface area (Å²) in [6, 6.07) is 3.75. The molecule has 1 heterocycles. The molecule has 0 aliphatic carbocycles. The van der Waals surface area contributed by atoms with Crippen molar-refractivity contribution in [2.75, 3.05) is 6.61 Å². The summed E-state index contributed by atoms with van der Waals surface area (Å²) in [5.41, 5.74) is 6.17. The maximum Gasteiger partial charge on any atom is 0.236 e. The second kappa shape index (κ2) is 5.86. The van der Waals surface area contributed by atoms with E-state index in [1.54, 1.807) is 13.0 Å². The van der Waals surface area contributed by atoms with E-state index in [2.05, 4.69) is 5.32 Å². The van der Waals surface area contributed by atoms with Gasteiger partial charge in [0.05, 0.1) is 17.1 Å². The molecule has 1 aliphatic heterocycles. The average Bonchev–Trinajstić information content (AvgIpc) is 2.80. The molecule has 1 saturated heterocycles. The highest BCUT2D eigenvalue weighted by Crippen LogP contribution is 2.31. The molecule has 0 bridgehead atoms. The minimum Gasteiger partial charge on any atom is -0.371 e. The summed E-state index contributed by atoms with van der Waals surface area (Å²) < 4.78 is 19.0. The Bertz CT molecular complexity index is 482. The highest BCUT2D eigenvalue weighted by Gasteiger charge is 2.31. The molecule has 2 rings (SSSR count). The first kappa shape index (κ1) is 14.2. The van der Waals surface area contributed by atoms with Crippen molar-refractivity contribution in [1.82, 2.24) is 5.32 Å².